The summed E-state index contributed by atoms with van der Waals surface area (Å²) in [7, 11) is 0. The highest BCUT2D eigenvalue weighted by Crippen LogP contribution is 2.26. The molecule has 1 amide bonds. The van der Waals surface area contributed by atoms with E-state index in [0.29, 0.717) is 17.4 Å². The minimum Gasteiger partial charge on any atom is -0.394 e. The normalized spacial score (nSPS) is 23.0. The predicted octanol–water partition coefficient (Wildman–Crippen LogP) is 3.11. The second-order valence-corrected chi connectivity index (χ2v) is 8.92. The van der Waals surface area contributed by atoms with Crippen molar-refractivity contribution in [2.24, 2.45) is 11.8 Å². The lowest BCUT2D eigenvalue weighted by molar-refractivity contribution is -0.126. The molecule has 28 heavy (non-hydrogen) atoms. The van der Waals surface area contributed by atoms with Gasteiger partial charge in [0.05, 0.1) is 18.7 Å². The van der Waals surface area contributed by atoms with Gasteiger partial charge in [0.15, 0.2) is 0 Å². The molecule has 1 fully saturated rings. The predicted molar refractivity (Wildman–Crippen MR) is 115 cm³/mol. The van der Waals surface area contributed by atoms with E-state index in [4.69, 9.17) is 0 Å². The van der Waals surface area contributed by atoms with Gasteiger partial charge in [0.25, 0.3) is 0 Å². The minimum atomic E-state index is -0.936. The average molecular weight is 409 g/mol. The van der Waals surface area contributed by atoms with Gasteiger partial charge in [-0.15, -0.1) is 11.8 Å². The zero-order chi connectivity index (χ0) is 20.5. The largest absolute Gasteiger partial charge is 0.394 e. The Labute approximate surface area is 173 Å². The molecule has 2 rings (SSSR count). The topological polar surface area (TPSA) is 81.6 Å². The molecule has 0 aliphatic carbocycles. The molecule has 0 radical (unpaired) electrons. The second kappa shape index (κ2) is 11.8. The fraction of sp³-hybridized carbons (Fsp3) is 0.682. The highest BCUT2D eigenvalue weighted by molar-refractivity contribution is 7.98. The Hall–Kier alpha value is -1.08. The van der Waals surface area contributed by atoms with Crippen molar-refractivity contribution in [2.75, 3.05) is 19.4 Å². The number of carbonyl (C=O) groups is 1. The van der Waals surface area contributed by atoms with Crippen LogP contribution in [0.25, 0.3) is 0 Å². The van der Waals surface area contributed by atoms with Gasteiger partial charge in [0, 0.05) is 4.90 Å². The van der Waals surface area contributed by atoms with Crippen LogP contribution in [-0.2, 0) is 4.79 Å². The first-order chi connectivity index (χ1) is 13.5. The highest BCUT2D eigenvalue weighted by Gasteiger charge is 2.30. The Balaban J connectivity index is 1.92. The summed E-state index contributed by atoms with van der Waals surface area (Å²) in [6, 6.07) is 6.58. The molecule has 5 nitrogen and oxygen atoms in total. The van der Waals surface area contributed by atoms with Crippen LogP contribution in [0.15, 0.2) is 29.2 Å². The molecule has 1 saturated heterocycles. The number of nitrogens with one attached hydrogen (secondary N) is 2. The van der Waals surface area contributed by atoms with Crippen LogP contribution in [0.3, 0.4) is 0 Å². The summed E-state index contributed by atoms with van der Waals surface area (Å²) >= 11 is 1.63. The van der Waals surface area contributed by atoms with Crippen molar-refractivity contribution in [3.63, 3.8) is 0 Å². The third kappa shape index (κ3) is 6.76. The number of piperidine rings is 1. The first-order valence-electron chi connectivity index (χ1n) is 10.4. The summed E-state index contributed by atoms with van der Waals surface area (Å²) in [5.74, 6) is 1.11. The van der Waals surface area contributed by atoms with Crippen LogP contribution in [0.4, 0.5) is 0 Å². The van der Waals surface area contributed by atoms with Gasteiger partial charge in [-0.05, 0) is 61.6 Å². The van der Waals surface area contributed by atoms with Crippen molar-refractivity contribution in [1.29, 1.82) is 0 Å². The maximum absolute atomic E-state index is 12.8. The molecule has 1 aromatic rings. The molecule has 0 spiro atoms. The molecule has 2 unspecified atom stereocenters. The standard InChI is InChI=1S/C22H36N2O3S/c1-4-5-15(2)12-16-10-11-23-19(13-16)22(27)24-20(14-25)21(26)17-6-8-18(28-3)9-7-17/h6-9,15-16,19-21,23,25-26H,4-5,10-14H2,1-3H3,(H,24,27)/t15?,16-,19-,20?,21+/m1/s1. The molecule has 1 aromatic carbocycles. The number of amides is 1. The third-order valence-corrected chi connectivity index (χ3v) is 6.45. The van der Waals surface area contributed by atoms with Gasteiger partial charge >= 0.3 is 0 Å². The maximum atomic E-state index is 12.8. The van der Waals surface area contributed by atoms with Crippen molar-refractivity contribution >= 4 is 17.7 Å². The lowest BCUT2D eigenvalue weighted by atomic mass is 9.83. The SMILES string of the molecule is CCCC(C)C[C@H]1CCN[C@@H](C(=O)NC(CO)[C@@H](O)c2ccc(SC)cc2)C1. The van der Waals surface area contributed by atoms with Crippen molar-refractivity contribution in [3.05, 3.63) is 29.8 Å². The average Bonchev–Trinajstić information content (AvgIpc) is 2.71. The minimum absolute atomic E-state index is 0.133. The fourth-order valence-corrected chi connectivity index (χ4v) is 4.54. The molecular weight excluding hydrogens is 372 g/mol. The van der Waals surface area contributed by atoms with Crippen LogP contribution in [0, 0.1) is 11.8 Å². The second-order valence-electron chi connectivity index (χ2n) is 8.04. The smallest absolute Gasteiger partial charge is 0.237 e. The van der Waals surface area contributed by atoms with Crippen molar-refractivity contribution in [2.45, 2.75) is 69.0 Å². The molecule has 0 aromatic heterocycles. The Morgan fingerprint density at radius 2 is 2.07 bits per heavy atom. The van der Waals surface area contributed by atoms with E-state index in [1.807, 2.05) is 30.5 Å². The lowest BCUT2D eigenvalue weighted by Crippen LogP contribution is -2.53. The molecule has 1 aliphatic heterocycles. The summed E-state index contributed by atoms with van der Waals surface area (Å²) in [5.41, 5.74) is 0.694. The van der Waals surface area contributed by atoms with E-state index in [9.17, 15) is 15.0 Å². The number of aliphatic hydroxyl groups excluding tert-OH is 2. The van der Waals surface area contributed by atoms with E-state index < -0.39 is 12.1 Å². The number of hydrogen-bond acceptors (Lipinski definition) is 5. The first-order valence-corrected chi connectivity index (χ1v) is 11.7. The van der Waals surface area contributed by atoms with Gasteiger partial charge < -0.3 is 20.8 Å². The summed E-state index contributed by atoms with van der Waals surface area (Å²) in [6.07, 6.45) is 6.57. The van der Waals surface area contributed by atoms with Crippen LogP contribution in [0.1, 0.15) is 57.6 Å². The van der Waals surface area contributed by atoms with Gasteiger partial charge in [-0.1, -0.05) is 38.8 Å². The number of aliphatic hydroxyl groups is 2. The number of benzene rings is 1. The van der Waals surface area contributed by atoms with E-state index in [-0.39, 0.29) is 18.6 Å². The summed E-state index contributed by atoms with van der Waals surface area (Å²) in [6.45, 7) is 5.04. The molecular formula is C22H36N2O3S. The zero-order valence-corrected chi connectivity index (χ0v) is 18.2. The molecule has 158 valence electrons. The van der Waals surface area contributed by atoms with E-state index in [2.05, 4.69) is 24.5 Å². The monoisotopic (exact) mass is 408 g/mol. The molecule has 0 saturated carbocycles. The number of rotatable bonds is 10. The summed E-state index contributed by atoms with van der Waals surface area (Å²) in [4.78, 5) is 13.9. The zero-order valence-electron chi connectivity index (χ0n) is 17.4. The van der Waals surface area contributed by atoms with Crippen molar-refractivity contribution in [3.8, 4) is 0 Å². The van der Waals surface area contributed by atoms with E-state index in [1.54, 1.807) is 11.8 Å². The van der Waals surface area contributed by atoms with Crippen LogP contribution in [0.5, 0.6) is 0 Å². The Morgan fingerprint density at radius 3 is 2.68 bits per heavy atom. The number of carbonyl (C=O) groups excluding carboxylic acids is 1. The quantitative estimate of drug-likeness (QED) is 0.447. The molecule has 5 atom stereocenters. The highest BCUT2D eigenvalue weighted by atomic mass is 32.2. The molecule has 1 heterocycles. The van der Waals surface area contributed by atoms with Crippen molar-refractivity contribution in [1.82, 2.24) is 10.6 Å². The molecule has 4 N–H and O–H groups in total. The molecule has 0 bridgehead atoms. The van der Waals surface area contributed by atoms with Crippen LogP contribution in [-0.4, -0.2) is 47.6 Å². The molecule has 1 aliphatic rings. The van der Waals surface area contributed by atoms with E-state index in [0.717, 1.165) is 30.7 Å². The van der Waals surface area contributed by atoms with Gasteiger partial charge in [0.1, 0.15) is 6.10 Å². The van der Waals surface area contributed by atoms with Crippen LogP contribution < -0.4 is 10.6 Å². The molecule has 6 heteroatoms. The Morgan fingerprint density at radius 1 is 1.36 bits per heavy atom. The van der Waals surface area contributed by atoms with Crippen LogP contribution >= 0.6 is 11.8 Å². The Kier molecular flexibility index (Phi) is 9.79. The van der Waals surface area contributed by atoms with Crippen molar-refractivity contribution < 1.29 is 15.0 Å². The van der Waals surface area contributed by atoms with Gasteiger partial charge in [-0.2, -0.15) is 0 Å². The van der Waals surface area contributed by atoms with Gasteiger partial charge in [-0.3, -0.25) is 4.79 Å². The van der Waals surface area contributed by atoms with E-state index >= 15 is 0 Å². The maximum Gasteiger partial charge on any atom is 0.237 e. The van der Waals surface area contributed by atoms with E-state index in [1.165, 1.54) is 12.8 Å². The fourth-order valence-electron chi connectivity index (χ4n) is 4.13. The third-order valence-electron chi connectivity index (χ3n) is 5.71. The summed E-state index contributed by atoms with van der Waals surface area (Å²) in [5, 5.41) is 26.5. The van der Waals surface area contributed by atoms with Gasteiger partial charge in [-0.25, -0.2) is 0 Å². The van der Waals surface area contributed by atoms with Crippen LogP contribution in [0.2, 0.25) is 0 Å². The Bertz CT molecular complexity index is 596. The lowest BCUT2D eigenvalue weighted by Gasteiger charge is -2.32. The summed E-state index contributed by atoms with van der Waals surface area (Å²) < 4.78 is 0. The number of hydrogen-bond donors (Lipinski definition) is 4. The van der Waals surface area contributed by atoms with Gasteiger partial charge in [0.2, 0.25) is 5.91 Å². The first kappa shape index (κ1) is 23.2. The number of thioether (sulfide) groups is 1.